The summed E-state index contributed by atoms with van der Waals surface area (Å²) in [4.78, 5) is 24.6. The van der Waals surface area contributed by atoms with E-state index in [9.17, 15) is 9.59 Å². The lowest BCUT2D eigenvalue weighted by Gasteiger charge is -2.19. The van der Waals surface area contributed by atoms with Gasteiger partial charge in [0.05, 0.1) is 0 Å². The normalized spacial score (nSPS) is 18.6. The van der Waals surface area contributed by atoms with Crippen LogP contribution in [0.25, 0.3) is 6.08 Å². The third kappa shape index (κ3) is 3.72. The number of hydrogen-bond donors (Lipinski definition) is 1. The van der Waals surface area contributed by atoms with Crippen molar-refractivity contribution in [2.45, 2.75) is 38.6 Å². The van der Waals surface area contributed by atoms with Crippen molar-refractivity contribution < 1.29 is 14.7 Å². The maximum atomic E-state index is 12.1. The lowest BCUT2D eigenvalue weighted by Crippen LogP contribution is -2.39. The Morgan fingerprint density at radius 2 is 1.95 bits per heavy atom. The van der Waals surface area contributed by atoms with Crippen LogP contribution in [-0.2, 0) is 9.59 Å². The van der Waals surface area contributed by atoms with Crippen molar-refractivity contribution in [2.75, 3.05) is 6.54 Å². The van der Waals surface area contributed by atoms with Crippen molar-refractivity contribution in [1.29, 1.82) is 0 Å². The van der Waals surface area contributed by atoms with Gasteiger partial charge < -0.3 is 10.0 Å². The number of hydrogen-bond acceptors (Lipinski definition) is 2. The number of carbonyl (C=O) groups is 2. The van der Waals surface area contributed by atoms with Gasteiger partial charge in [-0.15, -0.1) is 0 Å². The maximum absolute atomic E-state index is 12.1. The molecule has 1 unspecified atom stereocenters. The molecule has 0 aliphatic carbocycles. The molecule has 0 radical (unpaired) electrons. The molecule has 4 heteroatoms. The average molecular weight is 287 g/mol. The Bertz CT molecular complexity index is 546. The maximum Gasteiger partial charge on any atom is 0.326 e. The van der Waals surface area contributed by atoms with E-state index in [1.54, 1.807) is 6.08 Å². The van der Waals surface area contributed by atoms with Gasteiger partial charge in [0, 0.05) is 12.6 Å². The molecular weight excluding hydrogens is 266 g/mol. The van der Waals surface area contributed by atoms with Crippen molar-refractivity contribution in [1.82, 2.24) is 4.90 Å². The highest BCUT2D eigenvalue weighted by Gasteiger charge is 2.32. The topological polar surface area (TPSA) is 57.6 Å². The first-order valence-corrected chi connectivity index (χ1v) is 7.30. The minimum atomic E-state index is -0.921. The molecule has 1 aromatic carbocycles. The average Bonchev–Trinajstić information content (AvgIpc) is 2.95. The van der Waals surface area contributed by atoms with Gasteiger partial charge in [0.2, 0.25) is 5.91 Å². The molecular formula is C17H21NO3. The fourth-order valence-electron chi connectivity index (χ4n) is 2.54. The second kappa shape index (κ2) is 6.57. The third-order valence-electron chi connectivity index (χ3n) is 3.84. The molecule has 0 aromatic heterocycles. The minimum Gasteiger partial charge on any atom is -0.480 e. The number of benzene rings is 1. The molecule has 1 fully saturated rings. The Labute approximate surface area is 125 Å². The van der Waals surface area contributed by atoms with Crippen molar-refractivity contribution in [3.8, 4) is 0 Å². The summed E-state index contributed by atoms with van der Waals surface area (Å²) in [6.07, 6.45) is 4.49. The Morgan fingerprint density at radius 3 is 2.52 bits per heavy atom. The fourth-order valence-corrected chi connectivity index (χ4v) is 2.54. The molecule has 21 heavy (non-hydrogen) atoms. The predicted octanol–water partition coefficient (Wildman–Crippen LogP) is 2.90. The first-order valence-electron chi connectivity index (χ1n) is 7.30. The lowest BCUT2D eigenvalue weighted by atomic mass is 10.0. The highest BCUT2D eigenvalue weighted by atomic mass is 16.4. The van der Waals surface area contributed by atoms with E-state index >= 15 is 0 Å². The fraction of sp³-hybridized carbons (Fsp3) is 0.412. The van der Waals surface area contributed by atoms with Gasteiger partial charge in [0.15, 0.2) is 0 Å². The zero-order valence-electron chi connectivity index (χ0n) is 12.5. The second-order valence-corrected chi connectivity index (χ2v) is 5.68. The summed E-state index contributed by atoms with van der Waals surface area (Å²) >= 11 is 0. The highest BCUT2D eigenvalue weighted by molar-refractivity contribution is 5.94. The molecule has 0 saturated carbocycles. The summed E-state index contributed by atoms with van der Waals surface area (Å²) in [5, 5.41) is 9.08. The summed E-state index contributed by atoms with van der Waals surface area (Å²) in [6.45, 7) is 4.79. The van der Waals surface area contributed by atoms with E-state index in [1.165, 1.54) is 16.5 Å². The van der Waals surface area contributed by atoms with Gasteiger partial charge in [-0.25, -0.2) is 4.79 Å². The van der Waals surface area contributed by atoms with Crippen molar-refractivity contribution in [3.63, 3.8) is 0 Å². The first kappa shape index (κ1) is 15.3. The number of amides is 1. The number of aliphatic carboxylic acids is 1. The quantitative estimate of drug-likeness (QED) is 0.866. The van der Waals surface area contributed by atoms with E-state index in [4.69, 9.17) is 5.11 Å². The Hall–Kier alpha value is -2.10. The van der Waals surface area contributed by atoms with Crippen LogP contribution in [0.1, 0.15) is 43.7 Å². The summed E-state index contributed by atoms with van der Waals surface area (Å²) in [5.74, 6) is -0.672. The smallest absolute Gasteiger partial charge is 0.326 e. The van der Waals surface area contributed by atoms with Gasteiger partial charge in [-0.3, -0.25) is 4.79 Å². The number of nitrogens with zero attached hydrogens (tertiary/aromatic N) is 1. The molecule has 2 rings (SSSR count). The Kier molecular flexibility index (Phi) is 4.78. The number of likely N-dealkylation sites (tertiary alicyclic amines) is 1. The number of carbonyl (C=O) groups excluding carboxylic acids is 1. The monoisotopic (exact) mass is 287 g/mol. The van der Waals surface area contributed by atoms with Crippen molar-refractivity contribution >= 4 is 18.0 Å². The van der Waals surface area contributed by atoms with E-state index in [2.05, 4.69) is 13.8 Å². The summed E-state index contributed by atoms with van der Waals surface area (Å²) in [7, 11) is 0. The molecule has 1 atom stereocenters. The zero-order chi connectivity index (χ0) is 15.4. The lowest BCUT2D eigenvalue weighted by molar-refractivity contribution is -0.146. The van der Waals surface area contributed by atoms with E-state index < -0.39 is 12.0 Å². The van der Waals surface area contributed by atoms with Gasteiger partial charge in [0.25, 0.3) is 0 Å². The zero-order valence-corrected chi connectivity index (χ0v) is 12.5. The van der Waals surface area contributed by atoms with Crippen LogP contribution >= 0.6 is 0 Å². The van der Waals surface area contributed by atoms with Crippen LogP contribution in [0.3, 0.4) is 0 Å². The molecule has 1 heterocycles. The van der Waals surface area contributed by atoms with Crippen LogP contribution < -0.4 is 0 Å². The number of rotatable bonds is 4. The minimum absolute atomic E-state index is 0.229. The van der Waals surface area contributed by atoms with E-state index in [1.807, 2.05) is 24.3 Å². The standard InChI is InChI=1S/C17H21NO3/c1-12(2)14-8-5-13(6-9-14)7-10-16(19)18-11-3-4-15(18)17(20)21/h5-10,12,15H,3-4,11H2,1-2H3,(H,20,21)/b10-7+. The number of carboxylic acid groups (broad SMARTS) is 1. The van der Waals surface area contributed by atoms with E-state index in [-0.39, 0.29) is 5.91 Å². The molecule has 1 aliphatic heterocycles. The molecule has 1 saturated heterocycles. The highest BCUT2D eigenvalue weighted by Crippen LogP contribution is 2.19. The van der Waals surface area contributed by atoms with Crippen LogP contribution in [0.5, 0.6) is 0 Å². The Morgan fingerprint density at radius 1 is 1.29 bits per heavy atom. The van der Waals surface area contributed by atoms with Crippen LogP contribution in [0.2, 0.25) is 0 Å². The SMILES string of the molecule is CC(C)c1ccc(/C=C/C(=O)N2CCCC2C(=O)O)cc1. The van der Waals surface area contributed by atoms with Crippen LogP contribution in [0.15, 0.2) is 30.3 Å². The molecule has 0 spiro atoms. The molecule has 1 amide bonds. The van der Waals surface area contributed by atoms with Crippen molar-refractivity contribution in [2.24, 2.45) is 0 Å². The van der Waals surface area contributed by atoms with Gasteiger partial charge in [0.1, 0.15) is 6.04 Å². The Balaban J connectivity index is 2.03. The summed E-state index contributed by atoms with van der Waals surface area (Å²) in [6, 6.07) is 7.36. The van der Waals surface area contributed by atoms with Gasteiger partial charge >= 0.3 is 5.97 Å². The van der Waals surface area contributed by atoms with Gasteiger partial charge in [-0.1, -0.05) is 38.1 Å². The van der Waals surface area contributed by atoms with Gasteiger partial charge in [-0.2, -0.15) is 0 Å². The van der Waals surface area contributed by atoms with Crippen LogP contribution in [-0.4, -0.2) is 34.5 Å². The van der Waals surface area contributed by atoms with Crippen LogP contribution in [0, 0.1) is 0 Å². The largest absolute Gasteiger partial charge is 0.480 e. The molecule has 1 N–H and O–H groups in total. The van der Waals surface area contributed by atoms with Gasteiger partial charge in [-0.05, 0) is 36.0 Å². The first-order chi connectivity index (χ1) is 9.99. The second-order valence-electron chi connectivity index (χ2n) is 5.68. The number of carboxylic acids is 1. The van der Waals surface area contributed by atoms with Crippen molar-refractivity contribution in [3.05, 3.63) is 41.5 Å². The van der Waals surface area contributed by atoms with E-state index in [0.29, 0.717) is 18.9 Å². The van der Waals surface area contributed by atoms with Crippen LogP contribution in [0.4, 0.5) is 0 Å². The molecule has 4 nitrogen and oxygen atoms in total. The molecule has 112 valence electrons. The summed E-state index contributed by atoms with van der Waals surface area (Å²) < 4.78 is 0. The summed E-state index contributed by atoms with van der Waals surface area (Å²) in [5.41, 5.74) is 2.20. The predicted molar refractivity (Wildman–Crippen MR) is 81.9 cm³/mol. The van der Waals surface area contributed by atoms with E-state index in [0.717, 1.165) is 12.0 Å². The molecule has 1 aliphatic rings. The third-order valence-corrected chi connectivity index (χ3v) is 3.84. The molecule has 1 aromatic rings. The molecule has 0 bridgehead atoms.